The Morgan fingerprint density at radius 1 is 1.12 bits per heavy atom. The molecule has 1 aliphatic rings. The summed E-state index contributed by atoms with van der Waals surface area (Å²) in [6.07, 6.45) is 6.26. The summed E-state index contributed by atoms with van der Waals surface area (Å²) in [5.74, 6) is -0.0584. The standard InChI is InChI=1S/C13H11NO2.Na/c1-9-8-12(16)6-7-13(9)14-10-2-4-11(15)5-3-10;/h2-8,16H,1H3;/q;+1/p-1. The molecule has 2 rings (SSSR count). The molecule has 0 aromatic heterocycles. The molecule has 0 fully saturated rings. The normalized spacial score (nSPS) is 13.5. The predicted octanol–water partition coefficient (Wildman–Crippen LogP) is -1.16. The maximum atomic E-state index is 11.1. The Balaban J connectivity index is 0.00000144. The van der Waals surface area contributed by atoms with E-state index < -0.39 is 0 Å². The number of carbonyl (C=O) groups excluding carboxylic acids is 1. The second-order valence-corrected chi connectivity index (χ2v) is 3.55. The first-order valence-corrected chi connectivity index (χ1v) is 4.91. The molecule has 0 atom stereocenters. The molecule has 0 saturated carbocycles. The largest absolute Gasteiger partial charge is 1.00 e. The zero-order valence-electron chi connectivity index (χ0n) is 9.81. The smallest absolute Gasteiger partial charge is 0.872 e. The first kappa shape index (κ1) is 13.9. The van der Waals surface area contributed by atoms with Gasteiger partial charge in [-0.1, -0.05) is 12.1 Å². The molecular formula is C13H10NNaO2. The van der Waals surface area contributed by atoms with E-state index in [4.69, 9.17) is 0 Å². The molecule has 4 heteroatoms. The van der Waals surface area contributed by atoms with E-state index in [-0.39, 0.29) is 41.1 Å². The van der Waals surface area contributed by atoms with Crippen LogP contribution in [0.15, 0.2) is 47.5 Å². The number of ketones is 1. The van der Waals surface area contributed by atoms with Crippen LogP contribution in [0.4, 0.5) is 5.69 Å². The van der Waals surface area contributed by atoms with Crippen molar-refractivity contribution in [2.75, 3.05) is 0 Å². The van der Waals surface area contributed by atoms with Crippen LogP contribution in [0.1, 0.15) is 5.56 Å². The molecule has 0 heterocycles. The van der Waals surface area contributed by atoms with Crippen LogP contribution in [0.2, 0.25) is 0 Å². The Morgan fingerprint density at radius 3 is 2.35 bits per heavy atom. The van der Waals surface area contributed by atoms with Gasteiger partial charge >= 0.3 is 29.6 Å². The van der Waals surface area contributed by atoms with Gasteiger partial charge in [0.05, 0.1) is 11.4 Å². The molecule has 0 unspecified atom stereocenters. The van der Waals surface area contributed by atoms with E-state index in [1.807, 2.05) is 6.92 Å². The molecule has 1 aromatic carbocycles. The Bertz CT molecular complexity index is 512. The van der Waals surface area contributed by atoms with Crippen molar-refractivity contribution in [2.45, 2.75) is 6.92 Å². The number of hydrogen-bond donors (Lipinski definition) is 0. The van der Waals surface area contributed by atoms with Crippen LogP contribution in [-0.4, -0.2) is 11.5 Å². The number of nitrogens with zero attached hydrogens (tertiary/aromatic N) is 1. The second-order valence-electron chi connectivity index (χ2n) is 3.55. The van der Waals surface area contributed by atoms with Gasteiger partial charge in [-0.2, -0.15) is 0 Å². The van der Waals surface area contributed by atoms with E-state index >= 15 is 0 Å². The molecule has 17 heavy (non-hydrogen) atoms. The molecule has 0 spiro atoms. The average Bonchev–Trinajstić information content (AvgIpc) is 2.25. The minimum Gasteiger partial charge on any atom is -0.872 e. The fraction of sp³-hybridized carbons (Fsp3) is 0.0769. The van der Waals surface area contributed by atoms with Crippen LogP contribution in [0.5, 0.6) is 5.75 Å². The van der Waals surface area contributed by atoms with Crippen molar-refractivity contribution < 1.29 is 39.5 Å². The van der Waals surface area contributed by atoms with Crippen LogP contribution < -0.4 is 34.7 Å². The molecule has 0 radical (unpaired) electrons. The zero-order chi connectivity index (χ0) is 11.5. The third kappa shape index (κ3) is 3.66. The van der Waals surface area contributed by atoms with Crippen molar-refractivity contribution in [3.8, 4) is 5.75 Å². The molecule has 0 aliphatic heterocycles. The van der Waals surface area contributed by atoms with Crippen LogP contribution in [0.3, 0.4) is 0 Å². The molecule has 3 nitrogen and oxygen atoms in total. The monoisotopic (exact) mass is 235 g/mol. The van der Waals surface area contributed by atoms with Gasteiger partial charge in [-0.05, 0) is 42.9 Å². The van der Waals surface area contributed by atoms with Crippen molar-refractivity contribution in [1.82, 2.24) is 0 Å². The average molecular weight is 235 g/mol. The Kier molecular flexibility index (Phi) is 4.87. The molecule has 1 aliphatic carbocycles. The second kappa shape index (κ2) is 5.96. The summed E-state index contributed by atoms with van der Waals surface area (Å²) in [6, 6.07) is 4.71. The molecule has 80 valence electrons. The molecule has 0 N–H and O–H groups in total. The van der Waals surface area contributed by atoms with Gasteiger partial charge in [0.1, 0.15) is 0 Å². The third-order valence-electron chi connectivity index (χ3n) is 2.25. The van der Waals surface area contributed by atoms with Crippen molar-refractivity contribution in [2.24, 2.45) is 4.99 Å². The van der Waals surface area contributed by atoms with Crippen molar-refractivity contribution >= 4 is 17.2 Å². The molecular weight excluding hydrogens is 225 g/mol. The summed E-state index contributed by atoms with van der Waals surface area (Å²) >= 11 is 0. The van der Waals surface area contributed by atoms with Crippen LogP contribution >= 0.6 is 0 Å². The van der Waals surface area contributed by atoms with Gasteiger partial charge in [-0.15, -0.1) is 5.75 Å². The van der Waals surface area contributed by atoms with Crippen LogP contribution in [0.25, 0.3) is 0 Å². The fourth-order valence-electron chi connectivity index (χ4n) is 1.41. The number of carbonyl (C=O) groups is 1. The van der Waals surface area contributed by atoms with E-state index in [0.29, 0.717) is 5.71 Å². The maximum absolute atomic E-state index is 11.1. The Labute approximate surface area is 122 Å². The number of rotatable bonds is 1. The number of hydrogen-bond acceptors (Lipinski definition) is 3. The summed E-state index contributed by atoms with van der Waals surface area (Å²) in [4.78, 5) is 15.2. The molecule has 1 aromatic rings. The third-order valence-corrected chi connectivity index (χ3v) is 2.25. The molecule has 0 bridgehead atoms. The fourth-order valence-corrected chi connectivity index (χ4v) is 1.41. The SMILES string of the molecule is Cc1cc([O-])ccc1N=C1C=CC(=O)C=C1.[Na+]. The van der Waals surface area contributed by atoms with Crippen molar-refractivity contribution in [1.29, 1.82) is 0 Å². The number of aryl methyl sites for hydroxylation is 1. The van der Waals surface area contributed by atoms with E-state index in [0.717, 1.165) is 11.3 Å². The number of benzene rings is 1. The minimum absolute atomic E-state index is 0. The van der Waals surface area contributed by atoms with E-state index in [1.165, 1.54) is 18.2 Å². The van der Waals surface area contributed by atoms with E-state index in [1.54, 1.807) is 24.3 Å². The summed E-state index contributed by atoms with van der Waals surface area (Å²) in [7, 11) is 0. The quantitative estimate of drug-likeness (QED) is 0.455. The van der Waals surface area contributed by atoms with Crippen LogP contribution in [0, 0.1) is 6.92 Å². The van der Waals surface area contributed by atoms with Gasteiger partial charge in [-0.3, -0.25) is 4.79 Å². The van der Waals surface area contributed by atoms with Crippen LogP contribution in [-0.2, 0) is 4.79 Å². The van der Waals surface area contributed by atoms with Gasteiger partial charge in [0, 0.05) is 0 Å². The van der Waals surface area contributed by atoms with Gasteiger partial charge in [0.15, 0.2) is 5.78 Å². The molecule has 0 amide bonds. The summed E-state index contributed by atoms with van der Waals surface area (Å²) < 4.78 is 0. The Hall–Kier alpha value is -1.16. The number of aliphatic imine (C=N–C) groups is 1. The number of allylic oxidation sites excluding steroid dienone is 4. The zero-order valence-corrected chi connectivity index (χ0v) is 11.8. The van der Waals surface area contributed by atoms with Gasteiger partial charge < -0.3 is 5.11 Å². The van der Waals surface area contributed by atoms with Crippen molar-refractivity contribution in [3.63, 3.8) is 0 Å². The topological polar surface area (TPSA) is 52.5 Å². The summed E-state index contributed by atoms with van der Waals surface area (Å²) in [6.45, 7) is 1.84. The molecule has 0 saturated heterocycles. The maximum Gasteiger partial charge on any atom is 1.00 e. The van der Waals surface area contributed by atoms with E-state index in [2.05, 4.69) is 4.99 Å². The minimum atomic E-state index is -0.0365. The Morgan fingerprint density at radius 2 is 1.76 bits per heavy atom. The first-order chi connectivity index (χ1) is 7.65. The van der Waals surface area contributed by atoms with Gasteiger partial charge in [0.25, 0.3) is 0 Å². The van der Waals surface area contributed by atoms with Gasteiger partial charge in [-0.25, -0.2) is 4.99 Å². The van der Waals surface area contributed by atoms with Crippen molar-refractivity contribution in [3.05, 3.63) is 48.1 Å². The first-order valence-electron chi connectivity index (χ1n) is 4.91. The summed E-state index contributed by atoms with van der Waals surface area (Å²) in [5, 5.41) is 11.1. The predicted molar refractivity (Wildman–Crippen MR) is 61.0 cm³/mol. The van der Waals surface area contributed by atoms with Gasteiger partial charge in [0.2, 0.25) is 0 Å². The summed E-state index contributed by atoms with van der Waals surface area (Å²) in [5.41, 5.74) is 2.29. The van der Waals surface area contributed by atoms with E-state index in [9.17, 15) is 9.90 Å².